The van der Waals surface area contributed by atoms with Crippen LogP contribution in [0.25, 0.3) is 0 Å². The van der Waals surface area contributed by atoms with Gasteiger partial charge in [-0.2, -0.15) is 0 Å². The molecule has 0 saturated heterocycles. The Hall–Kier alpha value is -2.05. The molecule has 2 aromatic carbocycles. The van der Waals surface area contributed by atoms with Gasteiger partial charge in [-0.05, 0) is 42.3 Å². The van der Waals surface area contributed by atoms with Crippen molar-refractivity contribution in [2.24, 2.45) is 5.73 Å². The van der Waals surface area contributed by atoms with E-state index in [1.807, 2.05) is 0 Å². The van der Waals surface area contributed by atoms with Crippen molar-refractivity contribution >= 4 is 27.5 Å². The predicted octanol–water partition coefficient (Wildman–Crippen LogP) is 2.37. The highest BCUT2D eigenvalue weighted by Gasteiger charge is 2.16. The van der Waals surface area contributed by atoms with Crippen molar-refractivity contribution in [3.63, 3.8) is 0 Å². The average molecular weight is 351 g/mol. The molecule has 6 heteroatoms. The molecule has 0 aliphatic rings. The highest BCUT2D eigenvalue weighted by molar-refractivity contribution is 9.10. The molecule has 0 spiro atoms. The molecule has 0 saturated carbocycles. The average Bonchev–Trinajstić information content (AvgIpc) is 2.45. The largest absolute Gasteiger partial charge is 0.508 e. The molecule has 21 heavy (non-hydrogen) atoms. The number of aromatic hydroxyl groups is 2. The fraction of sp³-hybridized carbons (Fsp3) is 0.133. The van der Waals surface area contributed by atoms with Gasteiger partial charge in [0.1, 0.15) is 11.5 Å². The lowest BCUT2D eigenvalue weighted by Crippen LogP contribution is -2.37. The maximum Gasteiger partial charge on any atom is 0.241 e. The van der Waals surface area contributed by atoms with Crippen molar-refractivity contribution in [1.29, 1.82) is 0 Å². The second-order valence-corrected chi connectivity index (χ2v) is 5.54. The van der Waals surface area contributed by atoms with Gasteiger partial charge in [-0.15, -0.1) is 0 Å². The first-order valence-electron chi connectivity index (χ1n) is 6.28. The number of nitrogens with one attached hydrogen (secondary N) is 1. The summed E-state index contributed by atoms with van der Waals surface area (Å²) >= 11 is 3.27. The Balaban J connectivity index is 2.02. The van der Waals surface area contributed by atoms with Crippen molar-refractivity contribution in [3.05, 3.63) is 52.5 Å². The van der Waals surface area contributed by atoms with E-state index in [4.69, 9.17) is 5.73 Å². The summed E-state index contributed by atoms with van der Waals surface area (Å²) in [6, 6.07) is 10.5. The topological polar surface area (TPSA) is 95.6 Å². The lowest BCUT2D eigenvalue weighted by atomic mass is 10.1. The van der Waals surface area contributed by atoms with Gasteiger partial charge in [-0.25, -0.2) is 0 Å². The lowest BCUT2D eigenvalue weighted by molar-refractivity contribution is -0.117. The van der Waals surface area contributed by atoms with Crippen LogP contribution in [0.5, 0.6) is 11.5 Å². The van der Waals surface area contributed by atoms with E-state index < -0.39 is 11.9 Å². The van der Waals surface area contributed by atoms with E-state index in [2.05, 4.69) is 21.2 Å². The number of phenolic OH excluding ortho intramolecular Hbond substituents is 2. The van der Waals surface area contributed by atoms with Gasteiger partial charge in [0.15, 0.2) is 0 Å². The van der Waals surface area contributed by atoms with Crippen LogP contribution in [0.15, 0.2) is 46.9 Å². The summed E-state index contributed by atoms with van der Waals surface area (Å²) in [5.41, 5.74) is 7.00. The number of carbonyl (C=O) groups excluding carboxylic acids is 1. The molecular formula is C15H15BrN2O3. The van der Waals surface area contributed by atoms with Gasteiger partial charge < -0.3 is 21.3 Å². The molecule has 110 valence electrons. The number of anilines is 1. The summed E-state index contributed by atoms with van der Waals surface area (Å²) in [4.78, 5) is 12.0. The Kier molecular flexibility index (Phi) is 4.82. The molecule has 5 nitrogen and oxygen atoms in total. The summed E-state index contributed by atoms with van der Waals surface area (Å²) in [6.07, 6.45) is 0.334. The van der Waals surface area contributed by atoms with E-state index in [9.17, 15) is 15.0 Å². The van der Waals surface area contributed by atoms with E-state index in [-0.39, 0.29) is 11.5 Å². The first-order valence-corrected chi connectivity index (χ1v) is 7.08. The van der Waals surface area contributed by atoms with Gasteiger partial charge in [0, 0.05) is 4.47 Å². The second-order valence-electron chi connectivity index (χ2n) is 4.63. The van der Waals surface area contributed by atoms with Crippen LogP contribution in [0.3, 0.4) is 0 Å². The molecule has 2 rings (SSSR count). The number of hydrogen-bond acceptors (Lipinski definition) is 4. The number of hydrogen-bond donors (Lipinski definition) is 4. The predicted molar refractivity (Wildman–Crippen MR) is 84.2 cm³/mol. The number of benzene rings is 2. The maximum absolute atomic E-state index is 12.0. The number of phenols is 2. The van der Waals surface area contributed by atoms with E-state index in [1.54, 1.807) is 36.4 Å². The Morgan fingerprint density at radius 2 is 1.86 bits per heavy atom. The lowest BCUT2D eigenvalue weighted by Gasteiger charge is -2.13. The molecule has 5 N–H and O–H groups in total. The fourth-order valence-corrected chi connectivity index (χ4v) is 2.17. The van der Waals surface area contributed by atoms with Crippen molar-refractivity contribution < 1.29 is 15.0 Å². The molecule has 1 amide bonds. The zero-order valence-electron chi connectivity index (χ0n) is 11.1. The standard InChI is InChI=1S/C15H15BrN2O3/c16-10-3-6-14(20)13(8-10)18-15(21)12(17)7-9-1-4-11(19)5-2-9/h1-6,8,12,19-20H,7,17H2,(H,18,21)/t12-/m1/s1. The summed E-state index contributed by atoms with van der Waals surface area (Å²) in [6.45, 7) is 0. The Bertz CT molecular complexity index is 644. The monoisotopic (exact) mass is 350 g/mol. The Morgan fingerprint density at radius 1 is 1.19 bits per heavy atom. The third-order valence-corrected chi connectivity index (χ3v) is 3.44. The molecule has 0 heterocycles. The first-order chi connectivity index (χ1) is 9.95. The van der Waals surface area contributed by atoms with Crippen LogP contribution in [0.4, 0.5) is 5.69 Å². The summed E-state index contributed by atoms with van der Waals surface area (Å²) in [7, 11) is 0. The quantitative estimate of drug-likeness (QED) is 0.636. The van der Waals surface area contributed by atoms with Gasteiger partial charge in [0.25, 0.3) is 0 Å². The maximum atomic E-state index is 12.0. The number of nitrogens with two attached hydrogens (primary N) is 1. The third-order valence-electron chi connectivity index (χ3n) is 2.95. The smallest absolute Gasteiger partial charge is 0.241 e. The zero-order valence-corrected chi connectivity index (χ0v) is 12.7. The minimum Gasteiger partial charge on any atom is -0.508 e. The van der Waals surface area contributed by atoms with Crippen LogP contribution in [-0.4, -0.2) is 22.2 Å². The number of halogens is 1. The fourth-order valence-electron chi connectivity index (χ4n) is 1.81. The molecule has 0 aromatic heterocycles. The van der Waals surface area contributed by atoms with Gasteiger partial charge in [-0.3, -0.25) is 4.79 Å². The first kappa shape index (κ1) is 15.3. The van der Waals surface area contributed by atoms with Gasteiger partial charge >= 0.3 is 0 Å². The van der Waals surface area contributed by atoms with Crippen molar-refractivity contribution in [3.8, 4) is 11.5 Å². The highest BCUT2D eigenvalue weighted by Crippen LogP contribution is 2.26. The van der Waals surface area contributed by atoms with Crippen molar-refractivity contribution in [2.75, 3.05) is 5.32 Å². The molecular weight excluding hydrogens is 336 g/mol. The molecule has 2 aromatic rings. The van der Waals surface area contributed by atoms with Crippen LogP contribution in [0.2, 0.25) is 0 Å². The zero-order chi connectivity index (χ0) is 15.4. The third kappa shape index (κ3) is 4.21. The molecule has 0 radical (unpaired) electrons. The van der Waals surface area contributed by atoms with Gasteiger partial charge in [0.2, 0.25) is 5.91 Å². The molecule has 0 bridgehead atoms. The van der Waals surface area contributed by atoms with Crippen molar-refractivity contribution in [2.45, 2.75) is 12.5 Å². The van der Waals surface area contributed by atoms with Crippen LogP contribution in [-0.2, 0) is 11.2 Å². The van der Waals surface area contributed by atoms with Crippen LogP contribution in [0, 0.1) is 0 Å². The van der Waals surface area contributed by atoms with Crippen LogP contribution in [0.1, 0.15) is 5.56 Å². The van der Waals surface area contributed by atoms with E-state index in [0.717, 1.165) is 10.0 Å². The van der Waals surface area contributed by atoms with E-state index in [0.29, 0.717) is 12.1 Å². The minimum absolute atomic E-state index is 0.0246. The number of amides is 1. The minimum atomic E-state index is -0.757. The van der Waals surface area contributed by atoms with Crippen LogP contribution < -0.4 is 11.1 Å². The molecule has 0 fully saturated rings. The summed E-state index contributed by atoms with van der Waals surface area (Å²) in [5.74, 6) is -0.254. The van der Waals surface area contributed by atoms with Crippen molar-refractivity contribution in [1.82, 2.24) is 0 Å². The number of carbonyl (C=O) groups is 1. The molecule has 0 unspecified atom stereocenters. The SMILES string of the molecule is N[C@H](Cc1ccc(O)cc1)C(=O)Nc1cc(Br)ccc1O. The van der Waals surface area contributed by atoms with E-state index in [1.165, 1.54) is 6.07 Å². The molecule has 1 atom stereocenters. The molecule has 0 aliphatic carbocycles. The Labute approximate surface area is 130 Å². The Morgan fingerprint density at radius 3 is 2.52 bits per heavy atom. The summed E-state index contributed by atoms with van der Waals surface area (Å²) in [5, 5.41) is 21.5. The normalized spacial score (nSPS) is 11.9. The highest BCUT2D eigenvalue weighted by atomic mass is 79.9. The molecule has 0 aliphatic heterocycles. The van der Waals surface area contributed by atoms with Crippen LogP contribution >= 0.6 is 15.9 Å². The van der Waals surface area contributed by atoms with E-state index >= 15 is 0 Å². The summed E-state index contributed by atoms with van der Waals surface area (Å²) < 4.78 is 0.739. The van der Waals surface area contributed by atoms with Gasteiger partial charge in [-0.1, -0.05) is 28.1 Å². The van der Waals surface area contributed by atoms with Gasteiger partial charge in [0.05, 0.1) is 11.7 Å². The number of rotatable bonds is 4. The second kappa shape index (κ2) is 6.60.